The molecule has 5 nitrogen and oxygen atoms in total. The Hall–Kier alpha value is -5.04. The third-order valence-electron chi connectivity index (χ3n) is 7.45. The maximum Gasteiger partial charge on any atom is 0.307 e. The molecule has 0 saturated heterocycles. The lowest BCUT2D eigenvalue weighted by molar-refractivity contribution is -0.136. The van der Waals surface area contributed by atoms with Crippen molar-refractivity contribution >= 4 is 5.97 Å². The van der Waals surface area contributed by atoms with Crippen LogP contribution in [0.2, 0.25) is 0 Å². The molecule has 0 atom stereocenters. The first-order valence-electron chi connectivity index (χ1n) is 14.4. The van der Waals surface area contributed by atoms with Gasteiger partial charge in [-0.05, 0) is 95.8 Å². The van der Waals surface area contributed by atoms with Crippen LogP contribution in [0.15, 0.2) is 97.1 Å². The molecule has 44 heavy (non-hydrogen) atoms. The van der Waals surface area contributed by atoms with Crippen molar-refractivity contribution in [3.05, 3.63) is 137 Å². The van der Waals surface area contributed by atoms with E-state index in [0.29, 0.717) is 48.8 Å². The number of pyridine rings is 1. The molecule has 1 heterocycles. The quantitative estimate of drug-likeness (QED) is 0.158. The molecule has 0 aliphatic heterocycles. The fourth-order valence-corrected chi connectivity index (χ4v) is 5.24. The Morgan fingerprint density at radius 2 is 1.07 bits per heavy atom. The lowest BCUT2D eigenvalue weighted by atomic mass is 9.87. The molecule has 0 aliphatic rings. The van der Waals surface area contributed by atoms with Crippen molar-refractivity contribution in [3.8, 4) is 33.8 Å². The SMILES string of the molecule is Cc1nc(C)c(-c2ccc(OCCc3ccc(F)cc3)cc2)c(-c2ccc(OCCc3ccc(F)cc3)cc2)c1CC(=O)O. The number of hydrogen-bond donors (Lipinski definition) is 1. The van der Waals surface area contributed by atoms with Crippen LogP contribution in [0.4, 0.5) is 8.78 Å². The summed E-state index contributed by atoms with van der Waals surface area (Å²) >= 11 is 0. The minimum Gasteiger partial charge on any atom is -0.493 e. The van der Waals surface area contributed by atoms with Crippen LogP contribution in [0, 0.1) is 25.5 Å². The second kappa shape index (κ2) is 14.0. The summed E-state index contributed by atoms with van der Waals surface area (Å²) < 4.78 is 38.2. The van der Waals surface area contributed by atoms with Crippen LogP contribution >= 0.6 is 0 Å². The molecule has 0 bridgehead atoms. The summed E-state index contributed by atoms with van der Waals surface area (Å²) in [7, 11) is 0. The van der Waals surface area contributed by atoms with Crippen LogP contribution in [0.1, 0.15) is 28.1 Å². The number of benzene rings is 4. The molecule has 0 spiro atoms. The highest BCUT2D eigenvalue weighted by molar-refractivity contribution is 5.90. The number of ether oxygens (including phenoxy) is 2. The minimum atomic E-state index is -0.934. The third-order valence-corrected chi connectivity index (χ3v) is 7.45. The first-order valence-corrected chi connectivity index (χ1v) is 14.4. The second-order valence-corrected chi connectivity index (χ2v) is 10.6. The van der Waals surface area contributed by atoms with E-state index in [2.05, 4.69) is 0 Å². The highest BCUT2D eigenvalue weighted by Gasteiger charge is 2.21. The summed E-state index contributed by atoms with van der Waals surface area (Å²) in [6.45, 7) is 4.65. The summed E-state index contributed by atoms with van der Waals surface area (Å²) in [5.74, 6) is -0.0856. The molecule has 0 saturated carbocycles. The Balaban J connectivity index is 1.37. The van der Waals surface area contributed by atoms with E-state index in [1.54, 1.807) is 24.3 Å². The van der Waals surface area contributed by atoms with E-state index in [1.807, 2.05) is 62.4 Å². The fourth-order valence-electron chi connectivity index (χ4n) is 5.24. The van der Waals surface area contributed by atoms with Gasteiger partial charge in [-0.1, -0.05) is 48.5 Å². The number of carbonyl (C=O) groups is 1. The lowest BCUT2D eigenvalue weighted by Gasteiger charge is -2.20. The topological polar surface area (TPSA) is 68.7 Å². The van der Waals surface area contributed by atoms with E-state index in [4.69, 9.17) is 14.5 Å². The molecule has 0 unspecified atom stereocenters. The number of rotatable bonds is 12. The molecule has 1 N–H and O–H groups in total. The Bertz CT molecular complexity index is 1720. The van der Waals surface area contributed by atoms with Crippen molar-refractivity contribution in [3.63, 3.8) is 0 Å². The van der Waals surface area contributed by atoms with Gasteiger partial charge in [-0.2, -0.15) is 0 Å². The summed E-state index contributed by atoms with van der Waals surface area (Å²) in [4.78, 5) is 16.6. The van der Waals surface area contributed by atoms with E-state index < -0.39 is 5.97 Å². The summed E-state index contributed by atoms with van der Waals surface area (Å²) in [5.41, 5.74) is 7.51. The molecule has 224 valence electrons. The standard InChI is InChI=1S/C37H33F2NO4/c1-24-34(23-35(41)42)37(29-9-17-33(18-10-29)44-22-20-27-5-13-31(39)14-6-27)36(25(2)40-24)28-7-15-32(16-8-28)43-21-19-26-3-11-30(38)12-4-26/h3-18H,19-23H2,1-2H3,(H,41,42). The van der Waals surface area contributed by atoms with Crippen molar-refractivity contribution in [2.24, 2.45) is 0 Å². The summed E-state index contributed by atoms with van der Waals surface area (Å²) in [6, 6.07) is 28.0. The number of carboxylic acids is 1. The first kappa shape index (κ1) is 30.4. The predicted octanol–water partition coefficient (Wildman–Crippen LogP) is 8.18. The van der Waals surface area contributed by atoms with Gasteiger partial charge in [0, 0.05) is 29.8 Å². The van der Waals surface area contributed by atoms with E-state index in [-0.39, 0.29) is 18.1 Å². The summed E-state index contributed by atoms with van der Waals surface area (Å²) in [5, 5.41) is 9.75. The molecular formula is C37H33F2NO4. The third kappa shape index (κ3) is 7.67. The van der Waals surface area contributed by atoms with Crippen molar-refractivity contribution < 1.29 is 28.2 Å². The Morgan fingerprint density at radius 3 is 1.50 bits per heavy atom. The van der Waals surface area contributed by atoms with E-state index >= 15 is 0 Å². The van der Waals surface area contributed by atoms with Crippen LogP contribution in [-0.2, 0) is 24.1 Å². The zero-order valence-electron chi connectivity index (χ0n) is 24.6. The van der Waals surface area contributed by atoms with Gasteiger partial charge in [0.25, 0.3) is 0 Å². The van der Waals surface area contributed by atoms with Gasteiger partial charge in [0.15, 0.2) is 0 Å². The van der Waals surface area contributed by atoms with Crippen molar-refractivity contribution in [1.29, 1.82) is 0 Å². The Morgan fingerprint density at radius 1 is 0.636 bits per heavy atom. The molecule has 5 rings (SSSR count). The average molecular weight is 594 g/mol. The van der Waals surface area contributed by atoms with Crippen molar-refractivity contribution in [2.45, 2.75) is 33.1 Å². The molecule has 5 aromatic rings. The molecule has 7 heteroatoms. The zero-order valence-corrected chi connectivity index (χ0v) is 24.6. The number of aryl methyl sites for hydroxylation is 2. The lowest BCUT2D eigenvalue weighted by Crippen LogP contribution is -2.08. The van der Waals surface area contributed by atoms with Crippen molar-refractivity contribution in [1.82, 2.24) is 4.98 Å². The van der Waals surface area contributed by atoms with Crippen LogP contribution in [0.25, 0.3) is 22.3 Å². The van der Waals surface area contributed by atoms with Gasteiger partial charge in [-0.15, -0.1) is 0 Å². The number of hydrogen-bond acceptors (Lipinski definition) is 4. The fraction of sp³-hybridized carbons (Fsp3) is 0.189. The van der Waals surface area contributed by atoms with E-state index in [9.17, 15) is 18.7 Å². The van der Waals surface area contributed by atoms with Gasteiger partial charge < -0.3 is 14.6 Å². The number of halogens is 2. The van der Waals surface area contributed by atoms with Crippen LogP contribution in [-0.4, -0.2) is 29.3 Å². The Labute approximate surface area is 255 Å². The van der Waals surface area contributed by atoms with E-state index in [1.165, 1.54) is 24.3 Å². The summed E-state index contributed by atoms with van der Waals surface area (Å²) in [6.07, 6.45) is 1.13. The van der Waals surface area contributed by atoms with Gasteiger partial charge in [-0.3, -0.25) is 9.78 Å². The number of carboxylic acid groups (broad SMARTS) is 1. The van der Waals surface area contributed by atoms with Gasteiger partial charge in [0.1, 0.15) is 23.1 Å². The molecule has 1 aromatic heterocycles. The molecular weight excluding hydrogens is 560 g/mol. The number of nitrogens with zero attached hydrogens (tertiary/aromatic N) is 1. The number of aromatic nitrogens is 1. The molecule has 0 amide bonds. The van der Waals surface area contributed by atoms with Gasteiger partial charge >= 0.3 is 5.97 Å². The highest BCUT2D eigenvalue weighted by Crippen LogP contribution is 2.39. The van der Waals surface area contributed by atoms with Gasteiger partial charge in [0.2, 0.25) is 0 Å². The Kier molecular flexibility index (Phi) is 9.65. The largest absolute Gasteiger partial charge is 0.493 e. The predicted molar refractivity (Wildman–Crippen MR) is 167 cm³/mol. The molecule has 4 aromatic carbocycles. The maximum atomic E-state index is 13.2. The second-order valence-electron chi connectivity index (χ2n) is 10.6. The minimum absolute atomic E-state index is 0.165. The van der Waals surface area contributed by atoms with Gasteiger partial charge in [0.05, 0.1) is 19.6 Å². The van der Waals surface area contributed by atoms with Gasteiger partial charge in [-0.25, -0.2) is 8.78 Å². The zero-order chi connectivity index (χ0) is 31.1. The monoisotopic (exact) mass is 593 g/mol. The smallest absolute Gasteiger partial charge is 0.307 e. The molecule has 0 aliphatic carbocycles. The molecule has 0 fully saturated rings. The average Bonchev–Trinajstić information content (AvgIpc) is 3.01. The van der Waals surface area contributed by atoms with Crippen LogP contribution in [0.5, 0.6) is 11.5 Å². The van der Waals surface area contributed by atoms with Crippen LogP contribution in [0.3, 0.4) is 0 Å². The maximum absolute atomic E-state index is 13.2. The number of aliphatic carboxylic acids is 1. The molecule has 0 radical (unpaired) electrons. The highest BCUT2D eigenvalue weighted by atomic mass is 19.1. The van der Waals surface area contributed by atoms with E-state index in [0.717, 1.165) is 39.1 Å². The first-order chi connectivity index (χ1) is 21.3. The van der Waals surface area contributed by atoms with Crippen molar-refractivity contribution in [2.75, 3.05) is 13.2 Å². The normalized spacial score (nSPS) is 10.9. The van der Waals surface area contributed by atoms with Crippen LogP contribution < -0.4 is 9.47 Å².